The molecule has 3 aromatic carbocycles. The van der Waals surface area contributed by atoms with Crippen LogP contribution in [0.3, 0.4) is 0 Å². The largest absolute Gasteiger partial charge is 0.298 e. The smallest absolute Gasteiger partial charge is 0.243 e. The summed E-state index contributed by atoms with van der Waals surface area (Å²) in [5.41, 5.74) is 3.13. The Balaban J connectivity index is 1.38. The Labute approximate surface area is 229 Å². The number of Topliss-reactive ketones (excluding diaryl/α,β-unsaturated/α-hetero) is 1. The third-order valence-electron chi connectivity index (χ3n) is 7.33. The molecule has 1 aliphatic rings. The van der Waals surface area contributed by atoms with Gasteiger partial charge in [-0.3, -0.25) is 9.78 Å². The molecule has 0 amide bonds. The van der Waals surface area contributed by atoms with Crippen LogP contribution in [0.5, 0.6) is 0 Å². The van der Waals surface area contributed by atoms with E-state index in [4.69, 9.17) is 11.6 Å². The highest BCUT2D eigenvalue weighted by molar-refractivity contribution is 7.89. The van der Waals surface area contributed by atoms with Crippen LogP contribution in [0.4, 0.5) is 0 Å². The van der Waals surface area contributed by atoms with Crippen molar-refractivity contribution in [1.29, 1.82) is 0 Å². The fourth-order valence-electron chi connectivity index (χ4n) is 4.87. The third kappa shape index (κ3) is 5.44. The van der Waals surface area contributed by atoms with Gasteiger partial charge in [0.2, 0.25) is 10.0 Å². The maximum Gasteiger partial charge on any atom is 0.243 e. The van der Waals surface area contributed by atoms with Crippen LogP contribution in [0.15, 0.2) is 108 Å². The van der Waals surface area contributed by atoms with Gasteiger partial charge in [-0.25, -0.2) is 8.42 Å². The second-order valence-corrected chi connectivity index (χ2v) is 12.1. The Morgan fingerprint density at radius 2 is 1.58 bits per heavy atom. The molecule has 0 saturated heterocycles. The van der Waals surface area contributed by atoms with E-state index in [1.54, 1.807) is 24.4 Å². The number of nitrogens with zero attached hydrogens (tertiary/aromatic N) is 2. The van der Waals surface area contributed by atoms with Crippen molar-refractivity contribution in [2.75, 3.05) is 0 Å². The molecular weight excluding hydrogens is 516 g/mol. The fraction of sp³-hybridized carbons (Fsp3) is 0.226. The summed E-state index contributed by atoms with van der Waals surface area (Å²) in [6.07, 6.45) is 3.78. The van der Waals surface area contributed by atoms with Gasteiger partial charge in [-0.2, -0.15) is 4.31 Å². The molecule has 1 fully saturated rings. The quantitative estimate of drug-likeness (QED) is 0.227. The summed E-state index contributed by atoms with van der Waals surface area (Å²) in [6.45, 7) is 1.98. The Morgan fingerprint density at radius 1 is 0.921 bits per heavy atom. The fourth-order valence-corrected chi connectivity index (χ4v) is 6.59. The zero-order valence-corrected chi connectivity index (χ0v) is 22.7. The van der Waals surface area contributed by atoms with Crippen LogP contribution in [-0.2, 0) is 33.2 Å². The lowest BCUT2D eigenvalue weighted by atomic mass is 9.88. The molecule has 1 heterocycles. The van der Waals surface area contributed by atoms with Crippen LogP contribution in [0.2, 0.25) is 5.02 Å². The first-order valence-electron chi connectivity index (χ1n) is 12.6. The molecule has 1 aliphatic carbocycles. The Hall–Kier alpha value is -3.32. The van der Waals surface area contributed by atoms with Crippen molar-refractivity contribution in [2.45, 2.75) is 49.1 Å². The molecule has 1 saturated carbocycles. The number of aromatic nitrogens is 1. The van der Waals surface area contributed by atoms with Gasteiger partial charge in [-0.15, -0.1) is 0 Å². The number of rotatable bonds is 10. The Morgan fingerprint density at radius 3 is 2.18 bits per heavy atom. The SMILES string of the molecule is C[C@H](c1ccc(CC(=O)C2(c3ccccc3)CC2)cc1)N(Cc1ccccn1)S(=O)(=O)c1ccc(Cl)cc1. The number of benzene rings is 3. The van der Waals surface area contributed by atoms with Crippen molar-refractivity contribution in [2.24, 2.45) is 0 Å². The second kappa shape index (κ2) is 10.8. The average Bonchev–Trinajstić information content (AvgIpc) is 3.75. The number of hydrogen-bond donors (Lipinski definition) is 0. The molecule has 0 unspecified atom stereocenters. The maximum atomic E-state index is 13.7. The van der Waals surface area contributed by atoms with Gasteiger partial charge in [0.15, 0.2) is 0 Å². The van der Waals surface area contributed by atoms with E-state index in [0.717, 1.165) is 29.5 Å². The summed E-state index contributed by atoms with van der Waals surface area (Å²) >= 11 is 6.00. The Bertz CT molecular complexity index is 1500. The van der Waals surface area contributed by atoms with Crippen LogP contribution in [0.1, 0.15) is 48.2 Å². The molecule has 0 N–H and O–H groups in total. The zero-order chi connectivity index (χ0) is 26.8. The number of carbonyl (C=O) groups excluding carboxylic acids is 1. The average molecular weight is 545 g/mol. The van der Waals surface area contributed by atoms with Gasteiger partial charge in [0.05, 0.1) is 22.5 Å². The van der Waals surface area contributed by atoms with Crippen molar-refractivity contribution >= 4 is 27.4 Å². The van der Waals surface area contributed by atoms with Crippen molar-refractivity contribution in [1.82, 2.24) is 9.29 Å². The predicted molar refractivity (Wildman–Crippen MR) is 149 cm³/mol. The minimum Gasteiger partial charge on any atom is -0.298 e. The lowest BCUT2D eigenvalue weighted by molar-refractivity contribution is -0.120. The van der Waals surface area contributed by atoms with Gasteiger partial charge in [-0.1, -0.05) is 72.3 Å². The van der Waals surface area contributed by atoms with E-state index in [0.29, 0.717) is 17.1 Å². The highest BCUT2D eigenvalue weighted by atomic mass is 35.5. The van der Waals surface area contributed by atoms with Crippen LogP contribution in [0.25, 0.3) is 0 Å². The van der Waals surface area contributed by atoms with E-state index in [2.05, 4.69) is 4.98 Å². The van der Waals surface area contributed by atoms with Crippen LogP contribution in [-0.4, -0.2) is 23.5 Å². The minimum atomic E-state index is -3.85. The molecule has 0 spiro atoms. The third-order valence-corrected chi connectivity index (χ3v) is 9.52. The van der Waals surface area contributed by atoms with Crippen molar-refractivity contribution in [3.8, 4) is 0 Å². The van der Waals surface area contributed by atoms with E-state index in [1.807, 2.05) is 73.7 Å². The first-order chi connectivity index (χ1) is 18.3. The van der Waals surface area contributed by atoms with Gasteiger partial charge in [0, 0.05) is 23.7 Å². The van der Waals surface area contributed by atoms with E-state index < -0.39 is 16.1 Å². The molecule has 1 aromatic heterocycles. The van der Waals surface area contributed by atoms with E-state index >= 15 is 0 Å². The monoisotopic (exact) mass is 544 g/mol. The molecule has 0 radical (unpaired) electrons. The molecule has 38 heavy (non-hydrogen) atoms. The van der Waals surface area contributed by atoms with Crippen LogP contribution >= 0.6 is 11.6 Å². The van der Waals surface area contributed by atoms with Gasteiger partial charge in [0.25, 0.3) is 0 Å². The maximum absolute atomic E-state index is 13.7. The molecule has 4 aromatic rings. The molecule has 5 nitrogen and oxygen atoms in total. The molecule has 1 atom stereocenters. The van der Waals surface area contributed by atoms with Crippen LogP contribution < -0.4 is 0 Å². The topological polar surface area (TPSA) is 67.3 Å². The van der Waals surface area contributed by atoms with Gasteiger partial charge in [0.1, 0.15) is 5.78 Å². The highest BCUT2D eigenvalue weighted by Gasteiger charge is 2.50. The molecule has 7 heteroatoms. The normalized spacial score (nSPS) is 15.2. The molecule has 0 aliphatic heterocycles. The van der Waals surface area contributed by atoms with E-state index in [-0.39, 0.29) is 22.6 Å². The summed E-state index contributed by atoms with van der Waals surface area (Å²) in [5, 5.41) is 0.471. The Kier molecular flexibility index (Phi) is 7.48. The van der Waals surface area contributed by atoms with E-state index in [9.17, 15) is 13.2 Å². The molecular formula is C31H29ClN2O3S. The summed E-state index contributed by atoms with van der Waals surface area (Å²) < 4.78 is 28.9. The summed E-state index contributed by atoms with van der Waals surface area (Å²) in [4.78, 5) is 17.8. The standard InChI is InChI=1S/C31H29ClN2O3S/c1-23(34(22-28-9-5-6-20-33-28)38(36,37)29-16-14-27(32)15-17-29)25-12-10-24(11-13-25)21-30(35)31(18-19-31)26-7-3-2-4-8-26/h2-17,20,23H,18-19,21-22H2,1H3/t23-/m1/s1. The number of ketones is 1. The molecule has 194 valence electrons. The van der Waals surface area contributed by atoms with E-state index in [1.165, 1.54) is 16.4 Å². The lowest BCUT2D eigenvalue weighted by Crippen LogP contribution is -2.33. The van der Waals surface area contributed by atoms with Gasteiger partial charge in [-0.05, 0) is 72.9 Å². The summed E-state index contributed by atoms with van der Waals surface area (Å²) in [7, 11) is -3.85. The van der Waals surface area contributed by atoms with Crippen LogP contribution in [0, 0.1) is 0 Å². The minimum absolute atomic E-state index is 0.118. The highest BCUT2D eigenvalue weighted by Crippen LogP contribution is 2.49. The van der Waals surface area contributed by atoms with Gasteiger partial charge < -0.3 is 0 Å². The van der Waals surface area contributed by atoms with Gasteiger partial charge >= 0.3 is 0 Å². The van der Waals surface area contributed by atoms with Crippen molar-refractivity contribution in [3.05, 3.63) is 131 Å². The molecule has 0 bridgehead atoms. The first kappa shape index (κ1) is 26.3. The number of carbonyl (C=O) groups is 1. The summed E-state index contributed by atoms with van der Waals surface area (Å²) in [5.74, 6) is 0.228. The second-order valence-electron chi connectivity index (χ2n) is 9.79. The number of halogens is 1. The number of sulfonamides is 1. The predicted octanol–water partition coefficient (Wildman–Crippen LogP) is 6.53. The number of hydrogen-bond acceptors (Lipinski definition) is 4. The lowest BCUT2D eigenvalue weighted by Gasteiger charge is -2.29. The van der Waals surface area contributed by atoms with Crippen molar-refractivity contribution in [3.63, 3.8) is 0 Å². The zero-order valence-electron chi connectivity index (χ0n) is 21.1. The molecule has 5 rings (SSSR count). The first-order valence-corrected chi connectivity index (χ1v) is 14.5. The summed E-state index contributed by atoms with van der Waals surface area (Å²) in [6, 6.07) is 28.9. The van der Waals surface area contributed by atoms with Crippen molar-refractivity contribution < 1.29 is 13.2 Å². The number of pyridine rings is 1.